The van der Waals surface area contributed by atoms with Crippen molar-refractivity contribution in [1.29, 1.82) is 0 Å². The van der Waals surface area contributed by atoms with Crippen molar-refractivity contribution in [3.05, 3.63) is 46.2 Å². The van der Waals surface area contributed by atoms with Crippen LogP contribution in [0.5, 0.6) is 0 Å². The molecule has 6 nitrogen and oxygen atoms in total. The monoisotopic (exact) mass is 387 g/mol. The van der Waals surface area contributed by atoms with Gasteiger partial charge in [-0.15, -0.1) is 0 Å². The van der Waals surface area contributed by atoms with E-state index in [9.17, 15) is 9.59 Å². The van der Waals surface area contributed by atoms with Gasteiger partial charge >= 0.3 is 0 Å². The number of ether oxygens (including phenoxy) is 1. The second-order valence-electron chi connectivity index (χ2n) is 7.11. The van der Waals surface area contributed by atoms with E-state index in [0.717, 1.165) is 47.6 Å². The number of carbonyl (C=O) groups excluding carboxylic acids is 1. The molecule has 0 aliphatic carbocycles. The Morgan fingerprint density at radius 1 is 1.22 bits per heavy atom. The van der Waals surface area contributed by atoms with Gasteiger partial charge in [0, 0.05) is 61.2 Å². The Hall–Kier alpha value is -1.83. The van der Waals surface area contributed by atoms with E-state index in [-0.39, 0.29) is 17.5 Å². The number of morpholine rings is 1. The molecule has 1 unspecified atom stereocenters. The quantitative estimate of drug-likeness (QED) is 0.865. The van der Waals surface area contributed by atoms with Crippen LogP contribution in [0.25, 0.3) is 10.9 Å². The maximum Gasteiger partial charge on any atom is 0.252 e. The van der Waals surface area contributed by atoms with Gasteiger partial charge in [-0.05, 0) is 17.5 Å². The van der Waals surface area contributed by atoms with Crippen molar-refractivity contribution < 1.29 is 9.53 Å². The van der Waals surface area contributed by atoms with Crippen LogP contribution in [0.2, 0.25) is 0 Å². The molecule has 0 bridgehead atoms. The van der Waals surface area contributed by atoms with E-state index in [2.05, 4.69) is 9.88 Å². The van der Waals surface area contributed by atoms with Gasteiger partial charge in [0.15, 0.2) is 0 Å². The van der Waals surface area contributed by atoms with Crippen LogP contribution >= 0.6 is 11.8 Å². The summed E-state index contributed by atoms with van der Waals surface area (Å²) < 4.78 is 5.64. The van der Waals surface area contributed by atoms with E-state index in [1.54, 1.807) is 0 Å². The summed E-state index contributed by atoms with van der Waals surface area (Å²) in [6, 6.07) is 9.78. The number of H-pyrrole nitrogens is 1. The number of rotatable bonds is 4. The van der Waals surface area contributed by atoms with Gasteiger partial charge in [-0.3, -0.25) is 14.5 Å². The topological polar surface area (TPSA) is 65.6 Å². The number of pyridine rings is 1. The molecule has 2 fully saturated rings. The van der Waals surface area contributed by atoms with Gasteiger partial charge in [0.1, 0.15) is 0 Å². The van der Waals surface area contributed by atoms with Gasteiger partial charge in [0.2, 0.25) is 5.91 Å². The molecule has 2 aliphatic rings. The third kappa shape index (κ3) is 4.36. The SMILES string of the molecule is O=C(CC1COCCN1Cc1cc2ccccc2[nH]c1=O)N1CCSCC1. The first kappa shape index (κ1) is 18.5. The molecule has 1 N–H and O–H groups in total. The second-order valence-corrected chi connectivity index (χ2v) is 8.33. The van der Waals surface area contributed by atoms with E-state index in [0.29, 0.717) is 26.2 Å². The van der Waals surface area contributed by atoms with Crippen molar-refractivity contribution in [2.75, 3.05) is 44.4 Å². The maximum atomic E-state index is 12.7. The average Bonchev–Trinajstić information content (AvgIpc) is 2.70. The fraction of sp³-hybridized carbons (Fsp3) is 0.500. The highest BCUT2D eigenvalue weighted by atomic mass is 32.2. The summed E-state index contributed by atoms with van der Waals surface area (Å²) >= 11 is 1.90. The summed E-state index contributed by atoms with van der Waals surface area (Å²) in [6.45, 7) is 4.12. The smallest absolute Gasteiger partial charge is 0.252 e. The first-order valence-electron chi connectivity index (χ1n) is 9.49. The van der Waals surface area contributed by atoms with Crippen molar-refractivity contribution in [2.45, 2.75) is 19.0 Å². The molecular weight excluding hydrogens is 362 g/mol. The molecule has 2 saturated heterocycles. The molecule has 2 aliphatic heterocycles. The molecule has 0 saturated carbocycles. The molecule has 1 aromatic heterocycles. The van der Waals surface area contributed by atoms with Crippen LogP contribution in [-0.4, -0.2) is 71.1 Å². The number of hydrogen-bond donors (Lipinski definition) is 1. The maximum absolute atomic E-state index is 12.7. The predicted octanol–water partition coefficient (Wildman–Crippen LogP) is 1.69. The van der Waals surface area contributed by atoms with Gasteiger partial charge in [-0.1, -0.05) is 18.2 Å². The van der Waals surface area contributed by atoms with E-state index in [1.807, 2.05) is 47.0 Å². The largest absolute Gasteiger partial charge is 0.378 e. The zero-order valence-corrected chi connectivity index (χ0v) is 16.2. The number of aromatic amines is 1. The first-order valence-corrected chi connectivity index (χ1v) is 10.6. The number of hydrogen-bond acceptors (Lipinski definition) is 5. The number of benzene rings is 1. The Morgan fingerprint density at radius 3 is 2.89 bits per heavy atom. The molecule has 0 radical (unpaired) electrons. The average molecular weight is 388 g/mol. The van der Waals surface area contributed by atoms with Crippen molar-refractivity contribution >= 4 is 28.6 Å². The number of nitrogens with one attached hydrogen (secondary N) is 1. The number of fused-ring (bicyclic) bond motifs is 1. The zero-order valence-electron chi connectivity index (χ0n) is 15.4. The third-order valence-electron chi connectivity index (χ3n) is 5.33. The lowest BCUT2D eigenvalue weighted by molar-refractivity contribution is -0.134. The van der Waals surface area contributed by atoms with Crippen molar-refractivity contribution in [3.63, 3.8) is 0 Å². The molecule has 3 heterocycles. The standard InChI is InChI=1S/C20H25N3O3S/c24-19(22-6-9-27-10-7-22)12-17-14-26-8-5-23(17)13-16-11-15-3-1-2-4-18(15)21-20(16)25/h1-4,11,17H,5-10,12-14H2,(H,21,25). The lowest BCUT2D eigenvalue weighted by atomic mass is 10.1. The fourth-order valence-corrected chi connectivity index (χ4v) is 4.66. The van der Waals surface area contributed by atoms with E-state index < -0.39 is 0 Å². The molecule has 144 valence electrons. The predicted molar refractivity (Wildman–Crippen MR) is 108 cm³/mol. The number of thioether (sulfide) groups is 1. The van der Waals surface area contributed by atoms with Crippen molar-refractivity contribution in [2.24, 2.45) is 0 Å². The van der Waals surface area contributed by atoms with Gasteiger partial charge in [0.25, 0.3) is 5.56 Å². The van der Waals surface area contributed by atoms with Gasteiger partial charge in [0.05, 0.1) is 13.2 Å². The van der Waals surface area contributed by atoms with Crippen molar-refractivity contribution in [1.82, 2.24) is 14.8 Å². The van der Waals surface area contributed by atoms with Crippen LogP contribution in [0.3, 0.4) is 0 Å². The number of carbonyl (C=O) groups is 1. The zero-order chi connectivity index (χ0) is 18.6. The molecule has 1 atom stereocenters. The molecular formula is C20H25N3O3S. The Balaban J connectivity index is 1.48. The molecule has 4 rings (SSSR count). The molecule has 27 heavy (non-hydrogen) atoms. The van der Waals surface area contributed by atoms with Crippen LogP contribution in [0, 0.1) is 0 Å². The molecule has 0 spiro atoms. The van der Waals surface area contributed by atoms with Crippen LogP contribution in [0.1, 0.15) is 12.0 Å². The van der Waals surface area contributed by atoms with Gasteiger partial charge in [-0.2, -0.15) is 11.8 Å². The van der Waals surface area contributed by atoms with Crippen LogP contribution in [0.15, 0.2) is 35.1 Å². The summed E-state index contributed by atoms with van der Waals surface area (Å²) in [6.07, 6.45) is 0.455. The summed E-state index contributed by atoms with van der Waals surface area (Å²) in [4.78, 5) is 32.3. The number of para-hydroxylation sites is 1. The first-order chi connectivity index (χ1) is 13.2. The Kier molecular flexibility index (Phi) is 5.80. The summed E-state index contributed by atoms with van der Waals surface area (Å²) in [5.74, 6) is 2.23. The Morgan fingerprint density at radius 2 is 2.04 bits per heavy atom. The lowest BCUT2D eigenvalue weighted by Gasteiger charge is -2.36. The third-order valence-corrected chi connectivity index (χ3v) is 6.27. The molecule has 2 aromatic rings. The van der Waals surface area contributed by atoms with Crippen molar-refractivity contribution in [3.8, 4) is 0 Å². The van der Waals surface area contributed by atoms with E-state index >= 15 is 0 Å². The molecule has 1 amide bonds. The van der Waals surface area contributed by atoms with Gasteiger partial charge in [-0.25, -0.2) is 0 Å². The number of amides is 1. The Bertz CT molecular complexity index is 863. The second kappa shape index (κ2) is 8.46. The molecule has 7 heteroatoms. The van der Waals surface area contributed by atoms with E-state index in [1.165, 1.54) is 0 Å². The highest BCUT2D eigenvalue weighted by molar-refractivity contribution is 7.99. The normalized spacial score (nSPS) is 21.5. The Labute approximate surface area is 162 Å². The lowest BCUT2D eigenvalue weighted by Crippen LogP contribution is -2.49. The minimum Gasteiger partial charge on any atom is -0.378 e. The highest BCUT2D eigenvalue weighted by Gasteiger charge is 2.28. The summed E-state index contributed by atoms with van der Waals surface area (Å²) in [5.41, 5.74) is 1.53. The summed E-state index contributed by atoms with van der Waals surface area (Å²) in [7, 11) is 0. The summed E-state index contributed by atoms with van der Waals surface area (Å²) in [5, 5.41) is 1.03. The fourth-order valence-electron chi connectivity index (χ4n) is 3.76. The molecule has 1 aromatic carbocycles. The number of aromatic nitrogens is 1. The minimum absolute atomic E-state index is 0.0201. The van der Waals surface area contributed by atoms with E-state index in [4.69, 9.17) is 4.74 Å². The highest BCUT2D eigenvalue weighted by Crippen LogP contribution is 2.18. The van der Waals surface area contributed by atoms with Crippen LogP contribution in [0.4, 0.5) is 0 Å². The van der Waals surface area contributed by atoms with Gasteiger partial charge < -0.3 is 14.6 Å². The van der Waals surface area contributed by atoms with Crippen LogP contribution < -0.4 is 5.56 Å². The number of nitrogens with zero attached hydrogens (tertiary/aromatic N) is 2. The minimum atomic E-state index is -0.0571. The van der Waals surface area contributed by atoms with Crippen LogP contribution in [-0.2, 0) is 16.1 Å².